The van der Waals surface area contributed by atoms with Gasteiger partial charge in [-0.3, -0.25) is 0 Å². The summed E-state index contributed by atoms with van der Waals surface area (Å²) >= 11 is 3.18. The molecular weight excluding hydrogens is 371 g/mol. The van der Waals surface area contributed by atoms with Gasteiger partial charge in [-0.2, -0.15) is 0 Å². The summed E-state index contributed by atoms with van der Waals surface area (Å²) in [6.45, 7) is 5.72. The van der Waals surface area contributed by atoms with Crippen molar-refractivity contribution in [1.82, 2.24) is 15.5 Å². The first kappa shape index (κ1) is 17.7. The summed E-state index contributed by atoms with van der Waals surface area (Å²) < 4.78 is 14.1. The fourth-order valence-electron chi connectivity index (χ4n) is 3.17. The maximum absolute atomic E-state index is 13.6. The zero-order valence-electron chi connectivity index (χ0n) is 14.2. The lowest BCUT2D eigenvalue weighted by atomic mass is 10.1. The van der Waals surface area contributed by atoms with Crippen molar-refractivity contribution in [3.05, 3.63) is 34.1 Å². The molecule has 1 aromatic carbocycles. The first-order valence-corrected chi connectivity index (χ1v) is 9.68. The summed E-state index contributed by atoms with van der Waals surface area (Å²) in [7, 11) is 0. The van der Waals surface area contributed by atoms with Crippen molar-refractivity contribution in [3.8, 4) is 0 Å². The molecule has 2 fully saturated rings. The molecule has 0 bridgehead atoms. The summed E-state index contributed by atoms with van der Waals surface area (Å²) in [4.78, 5) is 7.23. The monoisotopic (exact) mass is 396 g/mol. The predicted octanol–water partition coefficient (Wildman–Crippen LogP) is 3.27. The SMILES string of the molecule is CCNC(=NCc1ccc(Br)c(F)c1)NC1CCN(C2CC2)CC1. The molecule has 0 atom stereocenters. The van der Waals surface area contributed by atoms with E-state index in [1.807, 2.05) is 6.07 Å². The van der Waals surface area contributed by atoms with Gasteiger partial charge in [0.25, 0.3) is 0 Å². The van der Waals surface area contributed by atoms with E-state index in [1.165, 1.54) is 32.0 Å². The summed E-state index contributed by atoms with van der Waals surface area (Å²) in [5.74, 6) is 0.582. The highest BCUT2D eigenvalue weighted by molar-refractivity contribution is 9.10. The molecule has 24 heavy (non-hydrogen) atoms. The van der Waals surface area contributed by atoms with Crippen molar-refractivity contribution >= 4 is 21.9 Å². The third-order valence-corrected chi connectivity index (χ3v) is 5.32. The molecule has 1 saturated heterocycles. The highest BCUT2D eigenvalue weighted by Crippen LogP contribution is 2.29. The molecule has 0 amide bonds. The van der Waals surface area contributed by atoms with Gasteiger partial charge in [0.15, 0.2) is 5.96 Å². The van der Waals surface area contributed by atoms with Crippen molar-refractivity contribution < 1.29 is 4.39 Å². The van der Waals surface area contributed by atoms with Gasteiger partial charge in [0.05, 0.1) is 11.0 Å². The molecule has 1 heterocycles. The minimum absolute atomic E-state index is 0.242. The summed E-state index contributed by atoms with van der Waals surface area (Å²) in [6.07, 6.45) is 5.08. The topological polar surface area (TPSA) is 39.7 Å². The fourth-order valence-corrected chi connectivity index (χ4v) is 3.42. The zero-order valence-corrected chi connectivity index (χ0v) is 15.8. The molecule has 1 aliphatic carbocycles. The zero-order chi connectivity index (χ0) is 16.9. The van der Waals surface area contributed by atoms with E-state index >= 15 is 0 Å². The molecule has 1 saturated carbocycles. The second-order valence-electron chi connectivity index (χ2n) is 6.63. The standard InChI is InChI=1S/C18H26BrFN4/c1-2-21-18(22-12-13-3-6-16(19)17(20)11-13)23-14-7-9-24(10-8-14)15-4-5-15/h3,6,11,14-15H,2,4-5,7-10,12H2,1H3,(H2,21,22,23). The average molecular weight is 397 g/mol. The van der Waals surface area contributed by atoms with Crippen molar-refractivity contribution in [2.24, 2.45) is 4.99 Å². The van der Waals surface area contributed by atoms with E-state index < -0.39 is 0 Å². The van der Waals surface area contributed by atoms with Crippen molar-refractivity contribution in [3.63, 3.8) is 0 Å². The predicted molar refractivity (Wildman–Crippen MR) is 99.7 cm³/mol. The Hall–Kier alpha value is -1.14. The van der Waals surface area contributed by atoms with Gasteiger partial charge in [0.2, 0.25) is 0 Å². The number of rotatable bonds is 5. The molecule has 6 heteroatoms. The Labute approximate surface area is 152 Å². The fraction of sp³-hybridized carbons (Fsp3) is 0.611. The first-order chi connectivity index (χ1) is 11.7. The molecule has 0 unspecified atom stereocenters. The van der Waals surface area contributed by atoms with E-state index in [-0.39, 0.29) is 5.82 Å². The largest absolute Gasteiger partial charge is 0.357 e. The van der Waals surface area contributed by atoms with Gasteiger partial charge in [-0.1, -0.05) is 6.07 Å². The maximum atomic E-state index is 13.6. The van der Waals surface area contributed by atoms with E-state index in [9.17, 15) is 4.39 Å². The van der Waals surface area contributed by atoms with Gasteiger partial charge in [0, 0.05) is 31.7 Å². The molecule has 3 rings (SSSR count). The Bertz CT molecular complexity index is 580. The second kappa shape index (κ2) is 8.30. The van der Waals surface area contributed by atoms with Crippen LogP contribution in [0, 0.1) is 5.82 Å². The Morgan fingerprint density at radius 2 is 2.04 bits per heavy atom. The Balaban J connectivity index is 1.54. The molecular formula is C18H26BrFN4. The molecule has 2 N–H and O–H groups in total. The number of nitrogens with zero attached hydrogens (tertiary/aromatic N) is 2. The van der Waals surface area contributed by atoms with Crippen molar-refractivity contribution in [2.45, 2.75) is 51.2 Å². The highest BCUT2D eigenvalue weighted by atomic mass is 79.9. The van der Waals surface area contributed by atoms with Gasteiger partial charge < -0.3 is 15.5 Å². The van der Waals surface area contributed by atoms with Gasteiger partial charge in [0.1, 0.15) is 5.82 Å². The minimum atomic E-state index is -0.242. The Kier molecular flexibility index (Phi) is 6.11. The number of likely N-dealkylation sites (tertiary alicyclic amines) is 1. The van der Waals surface area contributed by atoms with Crippen LogP contribution in [-0.2, 0) is 6.54 Å². The van der Waals surface area contributed by atoms with Crippen LogP contribution in [0.3, 0.4) is 0 Å². The molecule has 0 aromatic heterocycles. The van der Waals surface area contributed by atoms with E-state index in [0.717, 1.165) is 37.0 Å². The lowest BCUT2D eigenvalue weighted by Crippen LogP contribution is -2.49. The van der Waals surface area contributed by atoms with Crippen molar-refractivity contribution in [2.75, 3.05) is 19.6 Å². The van der Waals surface area contributed by atoms with Crippen LogP contribution < -0.4 is 10.6 Å². The van der Waals surface area contributed by atoms with Crippen LogP contribution in [0.4, 0.5) is 4.39 Å². The maximum Gasteiger partial charge on any atom is 0.191 e. The summed E-state index contributed by atoms with van der Waals surface area (Å²) in [6, 6.07) is 6.49. The number of halogens is 2. The smallest absolute Gasteiger partial charge is 0.191 e. The first-order valence-electron chi connectivity index (χ1n) is 8.88. The Morgan fingerprint density at radius 3 is 2.67 bits per heavy atom. The number of nitrogens with one attached hydrogen (secondary N) is 2. The van der Waals surface area contributed by atoms with Crippen LogP contribution >= 0.6 is 15.9 Å². The second-order valence-corrected chi connectivity index (χ2v) is 7.48. The summed E-state index contributed by atoms with van der Waals surface area (Å²) in [5.41, 5.74) is 0.872. The molecule has 1 aliphatic heterocycles. The van der Waals surface area contributed by atoms with Crippen LogP contribution in [0.2, 0.25) is 0 Å². The summed E-state index contributed by atoms with van der Waals surface area (Å²) in [5, 5.41) is 6.84. The molecule has 132 valence electrons. The van der Waals surface area contributed by atoms with Gasteiger partial charge in [-0.15, -0.1) is 0 Å². The minimum Gasteiger partial charge on any atom is -0.357 e. The van der Waals surface area contributed by atoms with E-state index in [1.54, 1.807) is 6.07 Å². The van der Waals surface area contributed by atoms with Crippen LogP contribution in [0.5, 0.6) is 0 Å². The molecule has 0 spiro atoms. The van der Waals surface area contributed by atoms with E-state index in [0.29, 0.717) is 17.1 Å². The van der Waals surface area contributed by atoms with Gasteiger partial charge >= 0.3 is 0 Å². The van der Waals surface area contributed by atoms with Crippen LogP contribution in [0.25, 0.3) is 0 Å². The number of hydrogen-bond donors (Lipinski definition) is 2. The van der Waals surface area contributed by atoms with Crippen LogP contribution in [0.15, 0.2) is 27.7 Å². The number of aliphatic imine (C=N–C) groups is 1. The van der Waals surface area contributed by atoms with Crippen LogP contribution in [-0.4, -0.2) is 42.6 Å². The van der Waals surface area contributed by atoms with Gasteiger partial charge in [-0.05, 0) is 66.2 Å². The molecule has 2 aliphatic rings. The van der Waals surface area contributed by atoms with Crippen molar-refractivity contribution in [1.29, 1.82) is 0 Å². The Morgan fingerprint density at radius 1 is 1.29 bits per heavy atom. The number of benzene rings is 1. The quantitative estimate of drug-likeness (QED) is 0.592. The van der Waals surface area contributed by atoms with Crippen LogP contribution in [0.1, 0.15) is 38.2 Å². The lowest BCUT2D eigenvalue weighted by molar-refractivity contribution is 0.197. The number of piperidine rings is 1. The molecule has 0 radical (unpaired) electrons. The number of hydrogen-bond acceptors (Lipinski definition) is 2. The van der Waals surface area contributed by atoms with E-state index in [2.05, 4.69) is 43.4 Å². The molecule has 4 nitrogen and oxygen atoms in total. The van der Waals surface area contributed by atoms with E-state index in [4.69, 9.17) is 0 Å². The number of guanidine groups is 1. The van der Waals surface area contributed by atoms with Gasteiger partial charge in [-0.25, -0.2) is 9.38 Å². The molecule has 1 aromatic rings. The average Bonchev–Trinajstić information content (AvgIpc) is 3.42. The highest BCUT2D eigenvalue weighted by Gasteiger charge is 2.31. The third-order valence-electron chi connectivity index (χ3n) is 4.68. The normalized spacial score (nSPS) is 20.2. The lowest BCUT2D eigenvalue weighted by Gasteiger charge is -2.33. The third kappa shape index (κ3) is 4.93.